The molecule has 0 aliphatic carbocycles. The fraction of sp³-hybridized carbons (Fsp3) is 0.364. The molecule has 98 valence electrons. The molecule has 1 atom stereocenters. The van der Waals surface area contributed by atoms with E-state index in [4.69, 9.17) is 21.9 Å². The van der Waals surface area contributed by atoms with E-state index in [0.717, 1.165) is 11.3 Å². The molecule has 0 aliphatic heterocycles. The van der Waals surface area contributed by atoms with E-state index in [1.807, 2.05) is 24.6 Å². The largest absolute Gasteiger partial charge is 0.457 e. The summed E-state index contributed by atoms with van der Waals surface area (Å²) in [5.74, 6) is 5.65. The Morgan fingerprint density at radius 2 is 2.28 bits per heavy atom. The first kappa shape index (κ1) is 13.6. The number of nitrogens with zero attached hydrogens (tertiary/aromatic N) is 2. The Bertz CT molecular complexity index is 537. The molecule has 1 unspecified atom stereocenters. The van der Waals surface area contributed by atoms with Crippen LogP contribution in [0.2, 0.25) is 5.02 Å². The van der Waals surface area contributed by atoms with Crippen molar-refractivity contribution in [3.8, 4) is 0 Å². The van der Waals surface area contributed by atoms with Crippen LogP contribution < -0.4 is 11.3 Å². The predicted molar refractivity (Wildman–Crippen MR) is 73.2 cm³/mol. The van der Waals surface area contributed by atoms with E-state index < -0.39 is 0 Å². The molecule has 0 spiro atoms. The number of halogens is 2. The van der Waals surface area contributed by atoms with Crippen LogP contribution in [0.15, 0.2) is 27.6 Å². The van der Waals surface area contributed by atoms with E-state index in [0.29, 0.717) is 9.69 Å². The Labute approximate surface area is 118 Å². The van der Waals surface area contributed by atoms with Gasteiger partial charge in [-0.2, -0.15) is 5.10 Å². The van der Waals surface area contributed by atoms with Crippen LogP contribution in [0.3, 0.4) is 0 Å². The lowest BCUT2D eigenvalue weighted by Crippen LogP contribution is -2.31. The SMILES string of the molecule is CC(C)n1ncc(Cl)c1C(NN)c1ccoc1Br. The lowest BCUT2D eigenvalue weighted by molar-refractivity contribution is 0.470. The quantitative estimate of drug-likeness (QED) is 0.666. The summed E-state index contributed by atoms with van der Waals surface area (Å²) < 4.78 is 7.70. The fourth-order valence-electron chi connectivity index (χ4n) is 1.86. The number of hydrazine groups is 1. The van der Waals surface area contributed by atoms with Crippen LogP contribution in [0.25, 0.3) is 0 Å². The van der Waals surface area contributed by atoms with E-state index in [-0.39, 0.29) is 12.1 Å². The predicted octanol–water partition coefficient (Wildman–Crippen LogP) is 3.03. The van der Waals surface area contributed by atoms with Crippen LogP contribution >= 0.6 is 27.5 Å². The molecule has 2 aromatic heterocycles. The first-order valence-corrected chi connectivity index (χ1v) is 6.65. The van der Waals surface area contributed by atoms with Gasteiger partial charge in [0, 0.05) is 11.6 Å². The van der Waals surface area contributed by atoms with Crippen molar-refractivity contribution in [2.24, 2.45) is 5.84 Å². The number of hydrogen-bond donors (Lipinski definition) is 2. The Morgan fingerprint density at radius 1 is 1.56 bits per heavy atom. The minimum atomic E-state index is -0.282. The molecule has 2 aromatic rings. The number of nitrogens with two attached hydrogens (primary N) is 1. The Hall–Kier alpha value is -0.820. The molecule has 0 aromatic carbocycles. The van der Waals surface area contributed by atoms with Gasteiger partial charge in [0.1, 0.15) is 0 Å². The van der Waals surface area contributed by atoms with Crippen molar-refractivity contribution in [2.75, 3.05) is 0 Å². The molecule has 0 amide bonds. The maximum Gasteiger partial charge on any atom is 0.174 e. The lowest BCUT2D eigenvalue weighted by Gasteiger charge is -2.19. The molecule has 0 saturated carbocycles. The average Bonchev–Trinajstić information content (AvgIpc) is 2.89. The molecule has 0 radical (unpaired) electrons. The average molecular weight is 334 g/mol. The van der Waals surface area contributed by atoms with Crippen LogP contribution in [0, 0.1) is 0 Å². The van der Waals surface area contributed by atoms with Gasteiger partial charge >= 0.3 is 0 Å². The van der Waals surface area contributed by atoms with Gasteiger partial charge in [0.25, 0.3) is 0 Å². The van der Waals surface area contributed by atoms with Gasteiger partial charge in [-0.25, -0.2) is 5.43 Å². The summed E-state index contributed by atoms with van der Waals surface area (Å²) in [6.45, 7) is 4.07. The van der Waals surface area contributed by atoms with Gasteiger partial charge in [0.05, 0.1) is 29.2 Å². The molecular weight excluding hydrogens is 320 g/mol. The van der Waals surface area contributed by atoms with Gasteiger partial charge in [0.2, 0.25) is 0 Å². The van der Waals surface area contributed by atoms with Gasteiger partial charge in [0.15, 0.2) is 4.67 Å². The molecular formula is C11H14BrClN4O. The molecule has 0 saturated heterocycles. The number of hydrogen-bond acceptors (Lipinski definition) is 4. The fourth-order valence-corrected chi connectivity index (χ4v) is 2.57. The summed E-state index contributed by atoms with van der Waals surface area (Å²) in [6.07, 6.45) is 3.21. The standard InChI is InChI=1S/C11H14BrClN4O/c1-6(2)17-10(8(13)5-15-17)9(16-14)7-3-4-18-11(7)12/h3-6,9,16H,14H2,1-2H3. The second kappa shape index (κ2) is 5.44. The van der Waals surface area contributed by atoms with Gasteiger partial charge in [-0.1, -0.05) is 11.6 Å². The summed E-state index contributed by atoms with van der Waals surface area (Å²) >= 11 is 9.55. The molecule has 2 heterocycles. The normalized spacial score (nSPS) is 13.2. The molecule has 0 fully saturated rings. The topological polar surface area (TPSA) is 69.0 Å². The highest BCUT2D eigenvalue weighted by atomic mass is 79.9. The molecule has 2 rings (SSSR count). The number of furan rings is 1. The Balaban J connectivity index is 2.52. The maximum absolute atomic E-state index is 6.21. The zero-order valence-corrected chi connectivity index (χ0v) is 12.4. The number of nitrogens with one attached hydrogen (secondary N) is 1. The highest BCUT2D eigenvalue weighted by Gasteiger charge is 2.25. The summed E-state index contributed by atoms with van der Waals surface area (Å²) in [5, 5.41) is 4.84. The monoisotopic (exact) mass is 332 g/mol. The third kappa shape index (κ3) is 2.33. The molecule has 3 N–H and O–H groups in total. The van der Waals surface area contributed by atoms with Crippen molar-refractivity contribution in [3.63, 3.8) is 0 Å². The van der Waals surface area contributed by atoms with Crippen molar-refractivity contribution in [1.82, 2.24) is 15.2 Å². The van der Waals surface area contributed by atoms with Crippen LogP contribution in [-0.4, -0.2) is 9.78 Å². The molecule has 0 bridgehead atoms. The van der Waals surface area contributed by atoms with Crippen molar-refractivity contribution in [1.29, 1.82) is 0 Å². The minimum absolute atomic E-state index is 0.189. The summed E-state index contributed by atoms with van der Waals surface area (Å²) in [5.41, 5.74) is 4.44. The molecule has 5 nitrogen and oxygen atoms in total. The maximum atomic E-state index is 6.21. The number of rotatable bonds is 4. The van der Waals surface area contributed by atoms with E-state index in [2.05, 4.69) is 26.5 Å². The highest BCUT2D eigenvalue weighted by molar-refractivity contribution is 9.10. The first-order valence-electron chi connectivity index (χ1n) is 5.48. The smallest absolute Gasteiger partial charge is 0.174 e. The lowest BCUT2D eigenvalue weighted by atomic mass is 10.1. The second-order valence-corrected chi connectivity index (χ2v) is 5.29. The third-order valence-electron chi connectivity index (χ3n) is 2.67. The molecule has 18 heavy (non-hydrogen) atoms. The van der Waals surface area contributed by atoms with E-state index in [1.165, 1.54) is 0 Å². The Morgan fingerprint density at radius 3 is 2.78 bits per heavy atom. The van der Waals surface area contributed by atoms with Crippen LogP contribution in [-0.2, 0) is 0 Å². The van der Waals surface area contributed by atoms with E-state index >= 15 is 0 Å². The van der Waals surface area contributed by atoms with E-state index in [9.17, 15) is 0 Å². The molecule has 0 aliphatic rings. The van der Waals surface area contributed by atoms with Crippen LogP contribution in [0.5, 0.6) is 0 Å². The zero-order chi connectivity index (χ0) is 13.3. The van der Waals surface area contributed by atoms with Crippen molar-refractivity contribution in [2.45, 2.75) is 25.9 Å². The second-order valence-electron chi connectivity index (χ2n) is 4.17. The molecule has 7 heteroatoms. The first-order chi connectivity index (χ1) is 8.56. The Kier molecular flexibility index (Phi) is 4.11. The summed E-state index contributed by atoms with van der Waals surface area (Å²) in [6, 6.07) is 1.74. The summed E-state index contributed by atoms with van der Waals surface area (Å²) in [4.78, 5) is 0. The van der Waals surface area contributed by atoms with Crippen molar-refractivity contribution in [3.05, 3.63) is 39.5 Å². The van der Waals surface area contributed by atoms with Crippen LogP contribution in [0.1, 0.15) is 37.2 Å². The van der Waals surface area contributed by atoms with Crippen molar-refractivity contribution < 1.29 is 4.42 Å². The highest BCUT2D eigenvalue weighted by Crippen LogP contribution is 2.33. The van der Waals surface area contributed by atoms with Gasteiger partial charge in [-0.05, 0) is 35.8 Å². The van der Waals surface area contributed by atoms with Gasteiger partial charge in [-0.15, -0.1) is 0 Å². The minimum Gasteiger partial charge on any atom is -0.457 e. The third-order valence-corrected chi connectivity index (χ3v) is 3.61. The summed E-state index contributed by atoms with van der Waals surface area (Å²) in [7, 11) is 0. The zero-order valence-electron chi connectivity index (χ0n) is 10.0. The van der Waals surface area contributed by atoms with Gasteiger partial charge in [-0.3, -0.25) is 10.5 Å². The number of aromatic nitrogens is 2. The van der Waals surface area contributed by atoms with E-state index in [1.54, 1.807) is 12.5 Å². The van der Waals surface area contributed by atoms with Crippen LogP contribution in [0.4, 0.5) is 0 Å². The van der Waals surface area contributed by atoms with Gasteiger partial charge < -0.3 is 4.42 Å². The van der Waals surface area contributed by atoms with Crippen molar-refractivity contribution >= 4 is 27.5 Å².